The maximum atomic E-state index is 13.9. The molecule has 1 heterocycles. The van der Waals surface area contributed by atoms with E-state index < -0.39 is 47.9 Å². The van der Waals surface area contributed by atoms with Crippen LogP contribution < -0.4 is 22.1 Å². The number of benzene rings is 3. The molecule has 0 aliphatic carbocycles. The van der Waals surface area contributed by atoms with Crippen molar-refractivity contribution in [2.75, 3.05) is 13.1 Å². The second-order valence-electron chi connectivity index (χ2n) is 12.2. The minimum absolute atomic E-state index is 0.157. The lowest BCUT2D eigenvalue weighted by Gasteiger charge is -2.28. The summed E-state index contributed by atoms with van der Waals surface area (Å²) in [5, 5.41) is 6.15. The summed E-state index contributed by atoms with van der Waals surface area (Å²) in [6, 6.07) is 23.0. The third kappa shape index (κ3) is 10.7. The fraction of sp³-hybridized carbons (Fsp3) is 0.405. The Morgan fingerprint density at radius 3 is 2.23 bits per heavy atom. The highest BCUT2D eigenvalue weighted by Crippen LogP contribution is 2.24. The molecule has 6 N–H and O–H groups in total. The number of carbonyl (C=O) groups is 4. The topological polar surface area (TPSA) is 157 Å². The quantitative estimate of drug-likeness (QED) is 0.125. The average Bonchev–Trinajstić information content (AvgIpc) is 3.54. The number of halogens is 1. The maximum absolute atomic E-state index is 13.9. The first kappa shape index (κ1) is 36.7. The van der Waals surface area contributed by atoms with Crippen LogP contribution in [-0.4, -0.2) is 65.7 Å². The SMILES string of the molecule is C[C@@H](NC(=O)C(=O)[C@H](CCCCN)NC(=O)[C@@H]1C[C@@H](OCc2ccc(Cl)cc2)CN1C(=O)[C@H](N)CCc1ccccc1)c1ccccc1. The van der Waals surface area contributed by atoms with E-state index in [2.05, 4.69) is 10.6 Å². The molecule has 0 saturated carbocycles. The first-order chi connectivity index (χ1) is 23.2. The number of hydrogen-bond acceptors (Lipinski definition) is 7. The molecule has 0 aromatic heterocycles. The maximum Gasteiger partial charge on any atom is 0.290 e. The van der Waals surface area contributed by atoms with Gasteiger partial charge in [0.2, 0.25) is 17.6 Å². The molecule has 1 aliphatic heterocycles. The highest BCUT2D eigenvalue weighted by atomic mass is 35.5. The number of aryl methyl sites for hydroxylation is 1. The number of nitrogens with two attached hydrogens (primary N) is 2. The Bertz CT molecular complexity index is 1490. The molecule has 0 bridgehead atoms. The summed E-state index contributed by atoms with van der Waals surface area (Å²) in [5.41, 5.74) is 14.9. The standard InChI is InChI=1S/C37H46ClN5O5/c1-25(28-12-6-3-7-13-28)41-36(46)34(44)32(14-8-9-21-39)42-35(45)33-22-30(48-24-27-15-18-29(38)19-16-27)23-43(33)37(47)31(40)20-17-26-10-4-2-5-11-26/h2-7,10-13,15-16,18-19,25,30-33H,8-9,14,17,20-24,39-40H2,1H3,(H,41,46)(H,42,45)/t25-,30-,31-,32+,33+/m1/s1. The number of carbonyl (C=O) groups excluding carboxylic acids is 4. The summed E-state index contributed by atoms with van der Waals surface area (Å²) in [7, 11) is 0. The smallest absolute Gasteiger partial charge is 0.290 e. The van der Waals surface area contributed by atoms with E-state index in [1.807, 2.05) is 72.8 Å². The second-order valence-corrected chi connectivity index (χ2v) is 12.7. The second kappa shape index (κ2) is 18.5. The molecule has 1 saturated heterocycles. The number of nitrogens with one attached hydrogen (secondary N) is 2. The first-order valence-corrected chi connectivity index (χ1v) is 16.9. The molecule has 1 aliphatic rings. The number of nitrogens with zero attached hydrogens (tertiary/aromatic N) is 1. The van der Waals surface area contributed by atoms with Gasteiger partial charge in [0.1, 0.15) is 6.04 Å². The van der Waals surface area contributed by atoms with E-state index in [0.717, 1.165) is 16.7 Å². The average molecular weight is 676 g/mol. The number of Topliss-reactive ketones (excluding diaryl/α,β-unsaturated/α-hetero) is 1. The molecule has 3 amide bonds. The van der Waals surface area contributed by atoms with Gasteiger partial charge in [-0.05, 0) is 74.4 Å². The highest BCUT2D eigenvalue weighted by molar-refractivity contribution is 6.38. The molecule has 3 aromatic rings. The van der Waals surface area contributed by atoms with Crippen molar-refractivity contribution in [1.82, 2.24) is 15.5 Å². The Morgan fingerprint density at radius 2 is 1.56 bits per heavy atom. The van der Waals surface area contributed by atoms with E-state index in [0.29, 0.717) is 37.3 Å². The zero-order valence-electron chi connectivity index (χ0n) is 27.4. The lowest BCUT2D eigenvalue weighted by Crippen LogP contribution is -2.55. The minimum Gasteiger partial charge on any atom is -0.372 e. The Morgan fingerprint density at radius 1 is 0.896 bits per heavy atom. The van der Waals surface area contributed by atoms with Crippen molar-refractivity contribution in [3.8, 4) is 0 Å². The molecule has 0 spiro atoms. The van der Waals surface area contributed by atoms with Crippen LogP contribution in [0.25, 0.3) is 0 Å². The van der Waals surface area contributed by atoms with E-state index >= 15 is 0 Å². The number of unbranched alkanes of at least 4 members (excludes halogenated alkanes) is 1. The number of hydrogen-bond donors (Lipinski definition) is 4. The van der Waals surface area contributed by atoms with Crippen LogP contribution in [0.5, 0.6) is 0 Å². The largest absolute Gasteiger partial charge is 0.372 e. The normalized spacial score (nSPS) is 17.7. The molecule has 48 heavy (non-hydrogen) atoms. The van der Waals surface area contributed by atoms with Crippen LogP contribution in [0.4, 0.5) is 0 Å². The van der Waals surface area contributed by atoms with E-state index in [9.17, 15) is 19.2 Å². The van der Waals surface area contributed by atoms with Gasteiger partial charge in [-0.15, -0.1) is 0 Å². The summed E-state index contributed by atoms with van der Waals surface area (Å²) in [4.78, 5) is 55.7. The van der Waals surface area contributed by atoms with Gasteiger partial charge in [-0.1, -0.05) is 84.4 Å². The van der Waals surface area contributed by atoms with Gasteiger partial charge in [-0.2, -0.15) is 0 Å². The number of likely N-dealkylation sites (tertiary alicyclic amines) is 1. The molecule has 5 atom stereocenters. The Labute approximate surface area is 287 Å². The van der Waals surface area contributed by atoms with Gasteiger partial charge in [0, 0.05) is 18.0 Å². The van der Waals surface area contributed by atoms with Crippen LogP contribution in [0.3, 0.4) is 0 Å². The summed E-state index contributed by atoms with van der Waals surface area (Å²) in [6.07, 6.45) is 2.11. The van der Waals surface area contributed by atoms with Gasteiger partial charge in [-0.3, -0.25) is 19.2 Å². The monoisotopic (exact) mass is 675 g/mol. The number of rotatable bonds is 17. The van der Waals surface area contributed by atoms with Gasteiger partial charge in [0.15, 0.2) is 0 Å². The van der Waals surface area contributed by atoms with Gasteiger partial charge in [0.05, 0.1) is 30.8 Å². The van der Waals surface area contributed by atoms with Crippen molar-refractivity contribution >= 4 is 35.1 Å². The van der Waals surface area contributed by atoms with E-state index in [1.165, 1.54) is 4.90 Å². The van der Waals surface area contributed by atoms with Gasteiger partial charge in [-0.25, -0.2) is 0 Å². The third-order valence-electron chi connectivity index (χ3n) is 8.60. The van der Waals surface area contributed by atoms with Crippen molar-refractivity contribution < 1.29 is 23.9 Å². The molecule has 11 heteroatoms. The van der Waals surface area contributed by atoms with Crippen molar-refractivity contribution in [2.24, 2.45) is 11.5 Å². The Kier molecular flexibility index (Phi) is 14.1. The Balaban J connectivity index is 1.47. The molecule has 3 aromatic carbocycles. The molecule has 4 rings (SSSR count). The van der Waals surface area contributed by atoms with Crippen molar-refractivity contribution in [2.45, 2.75) is 82.3 Å². The lowest BCUT2D eigenvalue weighted by molar-refractivity contribution is -0.143. The first-order valence-electron chi connectivity index (χ1n) is 16.5. The van der Waals surface area contributed by atoms with Crippen LogP contribution in [0.15, 0.2) is 84.9 Å². The van der Waals surface area contributed by atoms with Crippen LogP contribution in [0.2, 0.25) is 5.02 Å². The molecule has 1 fully saturated rings. The number of ether oxygens (including phenoxy) is 1. The summed E-state index contributed by atoms with van der Waals surface area (Å²) < 4.78 is 6.15. The van der Waals surface area contributed by atoms with E-state index in [1.54, 1.807) is 19.1 Å². The number of amides is 3. The molecular weight excluding hydrogens is 630 g/mol. The van der Waals surface area contributed by atoms with Crippen LogP contribution in [0.1, 0.15) is 61.8 Å². The fourth-order valence-corrected chi connectivity index (χ4v) is 5.91. The van der Waals surface area contributed by atoms with Gasteiger partial charge in [0.25, 0.3) is 5.91 Å². The van der Waals surface area contributed by atoms with Crippen LogP contribution in [0, 0.1) is 0 Å². The highest BCUT2D eigenvalue weighted by Gasteiger charge is 2.42. The zero-order valence-corrected chi connectivity index (χ0v) is 28.1. The number of ketones is 1. The van der Waals surface area contributed by atoms with Crippen LogP contribution in [-0.2, 0) is 36.9 Å². The molecular formula is C37H46ClN5O5. The lowest BCUT2D eigenvalue weighted by atomic mass is 10.0. The predicted octanol–water partition coefficient (Wildman–Crippen LogP) is 3.85. The minimum atomic E-state index is -1.09. The molecule has 256 valence electrons. The summed E-state index contributed by atoms with van der Waals surface area (Å²) in [6.45, 7) is 2.61. The van der Waals surface area contributed by atoms with Crippen molar-refractivity contribution in [3.63, 3.8) is 0 Å². The molecule has 10 nitrogen and oxygen atoms in total. The summed E-state index contributed by atoms with van der Waals surface area (Å²) >= 11 is 6.02. The fourth-order valence-electron chi connectivity index (χ4n) is 5.79. The van der Waals surface area contributed by atoms with Crippen molar-refractivity contribution in [1.29, 1.82) is 0 Å². The van der Waals surface area contributed by atoms with Crippen molar-refractivity contribution in [3.05, 3.63) is 107 Å². The molecule has 0 radical (unpaired) electrons. The van der Waals surface area contributed by atoms with E-state index in [4.69, 9.17) is 27.8 Å². The predicted molar refractivity (Wildman–Crippen MR) is 186 cm³/mol. The summed E-state index contributed by atoms with van der Waals surface area (Å²) in [5.74, 6) is -2.46. The zero-order chi connectivity index (χ0) is 34.5. The van der Waals surface area contributed by atoms with Crippen LogP contribution >= 0.6 is 11.6 Å². The Hall–Kier alpha value is -4.09. The van der Waals surface area contributed by atoms with Gasteiger partial charge < -0.3 is 31.7 Å². The van der Waals surface area contributed by atoms with Gasteiger partial charge >= 0.3 is 0 Å². The third-order valence-corrected chi connectivity index (χ3v) is 8.85. The molecule has 0 unspecified atom stereocenters. The van der Waals surface area contributed by atoms with E-state index in [-0.39, 0.29) is 31.9 Å².